The molecule has 9 N–H and O–H groups in total. The second kappa shape index (κ2) is 27.6. The van der Waals surface area contributed by atoms with Crippen LogP contribution in [0.4, 0.5) is 21.8 Å². The van der Waals surface area contributed by atoms with Gasteiger partial charge in [0.05, 0.1) is 69.9 Å². The SMILES string of the molecule is Cc1ccc2cnc(N)c(C#Cc3ccc(F)cc3)c2c1.Cc1ccc2cnc(N)c(C#Cc3cccc(C#N)c3)c2c1.Cc1ncc2[nH]ccc2c1C#Cc1ccc(C2=NCCN2)cc1.Nc1nnc2ccccc2c1C#Cc1ccc(C2=NCCN2)cc1. The van der Waals surface area contributed by atoms with Crippen LogP contribution in [0.3, 0.4) is 0 Å². The van der Waals surface area contributed by atoms with E-state index in [9.17, 15) is 4.39 Å². The first-order chi connectivity index (χ1) is 43.9. The average molecular weight is 1170 g/mol. The molecule has 0 fully saturated rings. The van der Waals surface area contributed by atoms with Crippen LogP contribution in [0.25, 0.3) is 43.4 Å². The number of aromatic nitrogens is 6. The summed E-state index contributed by atoms with van der Waals surface area (Å²) < 4.78 is 12.9. The number of nitriles is 1. The first-order valence-corrected chi connectivity index (χ1v) is 28.8. The van der Waals surface area contributed by atoms with Crippen LogP contribution in [0.5, 0.6) is 0 Å². The number of nitrogens with two attached hydrogens (primary N) is 3. The number of rotatable bonds is 2. The van der Waals surface area contributed by atoms with Crippen molar-refractivity contribution in [3.05, 3.63) is 272 Å². The lowest BCUT2D eigenvalue weighted by atomic mass is 10.0. The Balaban J connectivity index is 0.000000124. The standard InChI is InChI=1S/C19H15N5.C19H16N4.C19H13N3.C18H13FN2/c20-18-16(15-3-1-2-4-17(15)23-24-18)10-7-13-5-8-14(9-6-13)19-21-11-12-22-19;1-13-16(17-8-9-20-18(17)12-23-13)7-4-14-2-5-15(6-3-14)19-21-10-11-22-19;1-13-5-7-16-12-22-19(21)17(18(16)9-13)8-6-14-3-2-4-15(10-14)11-20;1-12-2-6-14-11-21-18(20)16(17(14)10-12)9-5-13-3-7-15(19)8-4-13/h1-6,8-9H,11-12H2,(H2,20,24)(H,21,22);2-3,5-6,8-9,12,20H,10-11H2,1H3,(H,21,22);2-5,7,9-10,12H,1H3,(H2,21,22);2-4,6-8,10-11H,1H3,(H2,20,21). The van der Waals surface area contributed by atoms with Crippen molar-refractivity contribution in [1.29, 1.82) is 5.26 Å². The number of hydrogen-bond acceptors (Lipinski definition) is 13. The van der Waals surface area contributed by atoms with E-state index in [1.54, 1.807) is 36.7 Å². The van der Waals surface area contributed by atoms with Crippen LogP contribution in [0.1, 0.15) is 78.0 Å². The van der Waals surface area contributed by atoms with Gasteiger partial charge in [0.15, 0.2) is 5.82 Å². The van der Waals surface area contributed by atoms with Gasteiger partial charge >= 0.3 is 0 Å². The van der Waals surface area contributed by atoms with Crippen molar-refractivity contribution in [1.82, 2.24) is 40.8 Å². The zero-order valence-corrected chi connectivity index (χ0v) is 49.4. The number of amidine groups is 2. The normalized spacial score (nSPS) is 11.7. The molecule has 7 heterocycles. The molecule has 434 valence electrons. The van der Waals surface area contributed by atoms with Crippen molar-refractivity contribution in [2.24, 2.45) is 9.98 Å². The molecular formula is C75H57FN14. The highest BCUT2D eigenvalue weighted by molar-refractivity contribution is 6.00. The number of benzene rings is 7. The van der Waals surface area contributed by atoms with Gasteiger partial charge in [-0.25, -0.2) is 14.4 Å². The van der Waals surface area contributed by atoms with Crippen LogP contribution in [0.15, 0.2) is 199 Å². The minimum absolute atomic E-state index is 0.275. The predicted octanol–water partition coefficient (Wildman–Crippen LogP) is 11.6. The second-order valence-electron chi connectivity index (χ2n) is 20.9. The van der Waals surface area contributed by atoms with E-state index < -0.39 is 0 Å². The third-order valence-corrected chi connectivity index (χ3v) is 14.5. The minimum Gasteiger partial charge on any atom is -0.383 e. The molecule has 0 aliphatic carbocycles. The van der Waals surface area contributed by atoms with Crippen LogP contribution in [0.2, 0.25) is 0 Å². The largest absolute Gasteiger partial charge is 0.383 e. The van der Waals surface area contributed by atoms with E-state index in [0.29, 0.717) is 34.1 Å². The number of nitrogens with zero attached hydrogens (tertiary/aromatic N) is 8. The van der Waals surface area contributed by atoms with Gasteiger partial charge < -0.3 is 32.8 Å². The smallest absolute Gasteiger partial charge is 0.162 e. The number of nitrogens with one attached hydrogen (secondary N) is 3. The Bertz CT molecular complexity index is 5060. The molecule has 0 saturated heterocycles. The Morgan fingerprint density at radius 1 is 0.444 bits per heavy atom. The molecule has 2 aliphatic heterocycles. The second-order valence-corrected chi connectivity index (χ2v) is 20.9. The van der Waals surface area contributed by atoms with Gasteiger partial charge in [0.1, 0.15) is 29.1 Å². The van der Waals surface area contributed by atoms with E-state index in [1.807, 2.05) is 142 Å². The molecule has 0 spiro atoms. The Morgan fingerprint density at radius 2 is 0.956 bits per heavy atom. The monoisotopic (exact) mass is 1170 g/mol. The van der Waals surface area contributed by atoms with E-state index in [4.69, 9.17) is 22.5 Å². The van der Waals surface area contributed by atoms with Gasteiger partial charge in [-0.15, -0.1) is 10.2 Å². The molecule has 0 unspecified atom stereocenters. The van der Waals surface area contributed by atoms with Crippen molar-refractivity contribution in [3.8, 4) is 53.4 Å². The Kier molecular flexibility index (Phi) is 18.1. The van der Waals surface area contributed by atoms with E-state index >= 15 is 0 Å². The average Bonchev–Trinajstić information content (AvgIpc) is 1.26. The third kappa shape index (κ3) is 14.4. The fourth-order valence-corrected chi connectivity index (χ4v) is 9.77. The summed E-state index contributed by atoms with van der Waals surface area (Å²) in [5.74, 6) is 27.9. The van der Waals surface area contributed by atoms with Crippen LogP contribution in [-0.2, 0) is 0 Å². The number of hydrogen-bond donors (Lipinski definition) is 6. The van der Waals surface area contributed by atoms with Crippen molar-refractivity contribution in [2.75, 3.05) is 43.4 Å². The number of aryl methyl sites for hydroxylation is 3. The molecular weight excluding hydrogens is 1120 g/mol. The number of nitrogen functional groups attached to an aromatic ring is 3. The summed E-state index contributed by atoms with van der Waals surface area (Å²) in [4.78, 5) is 24.8. The zero-order chi connectivity index (χ0) is 62.3. The lowest BCUT2D eigenvalue weighted by molar-refractivity contribution is 0.627. The number of H-pyrrole nitrogens is 1. The highest BCUT2D eigenvalue weighted by Gasteiger charge is 2.12. The Hall–Kier alpha value is -12.6. The molecule has 0 saturated carbocycles. The minimum atomic E-state index is -0.275. The van der Waals surface area contributed by atoms with Gasteiger partial charge in [-0.1, -0.05) is 131 Å². The number of anilines is 3. The fraction of sp³-hybridized carbons (Fsp3) is 0.0933. The molecule has 0 amide bonds. The van der Waals surface area contributed by atoms with E-state index in [2.05, 4.69) is 122 Å². The van der Waals surface area contributed by atoms with Crippen molar-refractivity contribution in [3.63, 3.8) is 0 Å². The molecule has 0 radical (unpaired) electrons. The van der Waals surface area contributed by atoms with Gasteiger partial charge in [-0.05, 0) is 112 Å². The molecule has 5 aromatic heterocycles. The van der Waals surface area contributed by atoms with Crippen LogP contribution in [-0.4, -0.2) is 68.0 Å². The lowest BCUT2D eigenvalue weighted by Crippen LogP contribution is -2.19. The first-order valence-electron chi connectivity index (χ1n) is 28.8. The number of pyridine rings is 3. The Labute approximate surface area is 520 Å². The Morgan fingerprint density at radius 3 is 1.50 bits per heavy atom. The molecule has 14 rings (SSSR count). The van der Waals surface area contributed by atoms with Crippen LogP contribution in [0, 0.1) is 85.3 Å². The fourth-order valence-electron chi connectivity index (χ4n) is 9.77. The maximum absolute atomic E-state index is 12.9. The van der Waals surface area contributed by atoms with E-state index in [0.717, 1.165) is 143 Å². The molecule has 2 aliphatic rings. The quantitative estimate of drug-likeness (QED) is 0.0892. The van der Waals surface area contributed by atoms with Crippen molar-refractivity contribution < 1.29 is 4.39 Å². The number of aliphatic imine (C=N–C) groups is 2. The topological polar surface area (TPSA) is 231 Å². The maximum Gasteiger partial charge on any atom is 0.162 e. The molecule has 90 heavy (non-hydrogen) atoms. The van der Waals surface area contributed by atoms with Gasteiger partial charge in [-0.3, -0.25) is 15.0 Å². The zero-order valence-electron chi connectivity index (χ0n) is 49.4. The number of halogens is 1. The first kappa shape index (κ1) is 59.1. The molecule has 0 atom stereocenters. The summed E-state index contributed by atoms with van der Waals surface area (Å²) in [5.41, 5.74) is 32.3. The third-order valence-electron chi connectivity index (χ3n) is 14.5. The van der Waals surface area contributed by atoms with Gasteiger partial charge in [0.2, 0.25) is 0 Å². The molecule has 14 nitrogen and oxygen atoms in total. The summed E-state index contributed by atoms with van der Waals surface area (Å²) in [5, 5.41) is 29.6. The van der Waals surface area contributed by atoms with Crippen LogP contribution >= 0.6 is 0 Å². The van der Waals surface area contributed by atoms with Crippen molar-refractivity contribution in [2.45, 2.75) is 20.8 Å². The number of fused-ring (bicyclic) bond motifs is 4. The molecule has 15 heteroatoms. The summed E-state index contributed by atoms with van der Waals surface area (Å²) in [6, 6.07) is 53.5. The summed E-state index contributed by atoms with van der Waals surface area (Å²) in [6.45, 7) is 9.55. The van der Waals surface area contributed by atoms with Gasteiger partial charge in [-0.2, -0.15) is 5.26 Å². The predicted molar refractivity (Wildman–Crippen MR) is 360 cm³/mol. The summed E-state index contributed by atoms with van der Waals surface area (Å²) >= 11 is 0. The highest BCUT2D eigenvalue weighted by atomic mass is 19.1. The lowest BCUT2D eigenvalue weighted by Gasteiger charge is -2.04. The highest BCUT2D eigenvalue weighted by Crippen LogP contribution is 2.26. The van der Waals surface area contributed by atoms with Crippen LogP contribution < -0.4 is 27.8 Å². The molecule has 12 aromatic rings. The number of aromatic amines is 1. The van der Waals surface area contributed by atoms with Crippen molar-refractivity contribution >= 4 is 72.5 Å². The summed E-state index contributed by atoms with van der Waals surface area (Å²) in [7, 11) is 0. The van der Waals surface area contributed by atoms with E-state index in [1.165, 1.54) is 12.1 Å². The van der Waals surface area contributed by atoms with Gasteiger partial charge in [0.25, 0.3) is 0 Å². The molecule has 0 bridgehead atoms. The molecule has 7 aromatic carbocycles. The van der Waals surface area contributed by atoms with Gasteiger partial charge in [0, 0.05) is 97.4 Å². The van der Waals surface area contributed by atoms with E-state index in [-0.39, 0.29) is 5.82 Å². The summed E-state index contributed by atoms with van der Waals surface area (Å²) in [6.07, 6.45) is 7.26. The maximum atomic E-state index is 12.9.